The van der Waals surface area contributed by atoms with Gasteiger partial charge in [0.2, 0.25) is 5.91 Å². The van der Waals surface area contributed by atoms with Gasteiger partial charge in [0.1, 0.15) is 6.04 Å². The van der Waals surface area contributed by atoms with E-state index < -0.39 is 6.04 Å². The predicted molar refractivity (Wildman–Crippen MR) is 86.9 cm³/mol. The Morgan fingerprint density at radius 1 is 1.18 bits per heavy atom. The van der Waals surface area contributed by atoms with Crippen LogP contribution in [-0.2, 0) is 4.79 Å². The molecule has 0 saturated heterocycles. The number of hydrogen-bond acceptors (Lipinski definition) is 3. The van der Waals surface area contributed by atoms with Crippen LogP contribution >= 0.6 is 11.6 Å². The van der Waals surface area contributed by atoms with Gasteiger partial charge < -0.3 is 15.7 Å². The molecule has 122 valence electrons. The number of hydrogen-bond donors (Lipinski definition) is 3. The van der Waals surface area contributed by atoms with Crippen LogP contribution in [0.1, 0.15) is 37.6 Å². The molecule has 0 aliphatic carbocycles. The zero-order valence-electron chi connectivity index (χ0n) is 13.1. The summed E-state index contributed by atoms with van der Waals surface area (Å²) in [6.07, 6.45) is 0.467. The number of halogens is 1. The molecule has 0 fully saturated rings. The number of amides is 2. The first-order chi connectivity index (χ1) is 10.4. The molecule has 0 radical (unpaired) electrons. The van der Waals surface area contributed by atoms with E-state index in [1.165, 1.54) is 0 Å². The summed E-state index contributed by atoms with van der Waals surface area (Å²) in [5.74, 6) is -0.724. The van der Waals surface area contributed by atoms with Gasteiger partial charge in [0.25, 0.3) is 5.91 Å². The predicted octanol–water partition coefficient (Wildman–Crippen LogP) is 1.98. The molecular formula is C16H23ClN2O3. The fourth-order valence-electron chi connectivity index (χ4n) is 2.00. The number of rotatable bonds is 7. The zero-order chi connectivity index (χ0) is 16.7. The summed E-state index contributed by atoms with van der Waals surface area (Å²) in [4.78, 5) is 24.6. The van der Waals surface area contributed by atoms with Gasteiger partial charge in [-0.3, -0.25) is 9.59 Å². The molecular weight excluding hydrogens is 304 g/mol. The van der Waals surface area contributed by atoms with Crippen molar-refractivity contribution < 1.29 is 14.7 Å². The van der Waals surface area contributed by atoms with Gasteiger partial charge in [-0.25, -0.2) is 0 Å². The van der Waals surface area contributed by atoms with Crippen LogP contribution in [0.3, 0.4) is 0 Å². The summed E-state index contributed by atoms with van der Waals surface area (Å²) in [6.45, 7) is 5.52. The quantitative estimate of drug-likeness (QED) is 0.717. The van der Waals surface area contributed by atoms with Crippen molar-refractivity contribution in [3.63, 3.8) is 0 Å². The summed E-state index contributed by atoms with van der Waals surface area (Å²) in [7, 11) is 0. The van der Waals surface area contributed by atoms with E-state index in [9.17, 15) is 9.59 Å². The van der Waals surface area contributed by atoms with Gasteiger partial charge >= 0.3 is 0 Å². The van der Waals surface area contributed by atoms with E-state index in [0.717, 1.165) is 0 Å². The molecule has 0 aromatic heterocycles. The third-order valence-electron chi connectivity index (χ3n) is 3.30. The maximum atomic E-state index is 12.3. The smallest absolute Gasteiger partial charge is 0.253 e. The van der Waals surface area contributed by atoms with Crippen molar-refractivity contribution in [3.05, 3.63) is 34.9 Å². The highest BCUT2D eigenvalue weighted by Gasteiger charge is 2.26. The second-order valence-corrected chi connectivity index (χ2v) is 6.00. The van der Waals surface area contributed by atoms with Crippen molar-refractivity contribution in [2.24, 2.45) is 5.92 Å². The average Bonchev–Trinajstić information content (AvgIpc) is 2.44. The van der Waals surface area contributed by atoms with Gasteiger partial charge in [0.15, 0.2) is 0 Å². The van der Waals surface area contributed by atoms with E-state index in [0.29, 0.717) is 17.0 Å². The van der Waals surface area contributed by atoms with Crippen LogP contribution in [-0.4, -0.2) is 35.6 Å². The van der Waals surface area contributed by atoms with Crippen LogP contribution in [0.15, 0.2) is 24.3 Å². The maximum absolute atomic E-state index is 12.3. The molecule has 1 aromatic rings. The van der Waals surface area contributed by atoms with Crippen molar-refractivity contribution in [3.8, 4) is 0 Å². The topological polar surface area (TPSA) is 78.4 Å². The largest absolute Gasteiger partial charge is 0.396 e. The van der Waals surface area contributed by atoms with Crippen molar-refractivity contribution in [2.45, 2.75) is 39.3 Å². The standard InChI is InChI=1S/C16H23ClN2O3/c1-10(2)14(16(22)18-11(3)8-9-20)19-15(21)12-6-4-5-7-13(12)17/h4-7,10-11,14,20H,8-9H2,1-3H3,(H,18,22)(H,19,21)/t11-,14?/m1/s1. The minimum Gasteiger partial charge on any atom is -0.396 e. The normalized spacial score (nSPS) is 13.5. The molecule has 0 heterocycles. The highest BCUT2D eigenvalue weighted by Crippen LogP contribution is 2.15. The molecule has 22 heavy (non-hydrogen) atoms. The van der Waals surface area contributed by atoms with E-state index in [2.05, 4.69) is 10.6 Å². The number of benzene rings is 1. The molecule has 2 amide bonds. The van der Waals surface area contributed by atoms with Crippen molar-refractivity contribution >= 4 is 23.4 Å². The summed E-state index contributed by atoms with van der Waals surface area (Å²) in [5.41, 5.74) is 0.339. The minimum absolute atomic E-state index is 0.000224. The molecule has 6 heteroatoms. The maximum Gasteiger partial charge on any atom is 0.253 e. The van der Waals surface area contributed by atoms with E-state index in [-0.39, 0.29) is 30.4 Å². The van der Waals surface area contributed by atoms with Crippen molar-refractivity contribution in [1.82, 2.24) is 10.6 Å². The van der Waals surface area contributed by atoms with Gasteiger partial charge in [-0.2, -0.15) is 0 Å². The molecule has 0 spiro atoms. The van der Waals surface area contributed by atoms with Crippen LogP contribution in [0, 0.1) is 5.92 Å². The number of nitrogens with one attached hydrogen (secondary N) is 2. The third kappa shape index (κ3) is 5.31. The van der Waals surface area contributed by atoms with Crippen molar-refractivity contribution in [1.29, 1.82) is 0 Å². The first-order valence-electron chi connectivity index (χ1n) is 7.33. The Balaban J connectivity index is 2.78. The van der Waals surface area contributed by atoms with Crippen LogP contribution in [0.2, 0.25) is 5.02 Å². The zero-order valence-corrected chi connectivity index (χ0v) is 13.9. The highest BCUT2D eigenvalue weighted by atomic mass is 35.5. The van der Waals surface area contributed by atoms with Gasteiger partial charge in [-0.05, 0) is 31.4 Å². The minimum atomic E-state index is -0.662. The second kappa shape index (κ2) is 8.76. The van der Waals surface area contributed by atoms with Crippen LogP contribution in [0.4, 0.5) is 0 Å². The van der Waals surface area contributed by atoms with Gasteiger partial charge in [0, 0.05) is 12.6 Å². The molecule has 1 unspecified atom stereocenters. The SMILES string of the molecule is CC(C)C(NC(=O)c1ccccc1Cl)C(=O)N[C@H](C)CCO. The molecule has 3 N–H and O–H groups in total. The Morgan fingerprint density at radius 2 is 1.82 bits per heavy atom. The molecule has 1 rings (SSSR count). The summed E-state index contributed by atoms with van der Waals surface area (Å²) >= 11 is 6.00. The second-order valence-electron chi connectivity index (χ2n) is 5.60. The number of carbonyl (C=O) groups is 2. The molecule has 1 aromatic carbocycles. The molecule has 5 nitrogen and oxygen atoms in total. The number of aliphatic hydroxyl groups excluding tert-OH is 1. The average molecular weight is 327 g/mol. The third-order valence-corrected chi connectivity index (χ3v) is 3.63. The van der Waals surface area contributed by atoms with Gasteiger partial charge in [-0.15, -0.1) is 0 Å². The van der Waals surface area contributed by atoms with E-state index in [1.807, 2.05) is 13.8 Å². The van der Waals surface area contributed by atoms with Crippen LogP contribution < -0.4 is 10.6 Å². The Morgan fingerprint density at radius 3 is 2.36 bits per heavy atom. The lowest BCUT2D eigenvalue weighted by molar-refractivity contribution is -0.124. The molecule has 0 bridgehead atoms. The lowest BCUT2D eigenvalue weighted by atomic mass is 10.0. The monoisotopic (exact) mass is 326 g/mol. The lowest BCUT2D eigenvalue weighted by Crippen LogP contribution is -2.51. The molecule has 0 saturated carbocycles. The molecule has 2 atom stereocenters. The first-order valence-corrected chi connectivity index (χ1v) is 7.71. The fourth-order valence-corrected chi connectivity index (χ4v) is 2.22. The first kappa shape index (κ1) is 18.5. The molecule has 0 aliphatic rings. The van der Waals surface area contributed by atoms with Crippen LogP contribution in [0.5, 0.6) is 0 Å². The number of aliphatic hydroxyl groups is 1. The Labute approximate surface area is 136 Å². The molecule has 0 aliphatic heterocycles. The fraction of sp³-hybridized carbons (Fsp3) is 0.500. The van der Waals surface area contributed by atoms with Gasteiger partial charge in [0.05, 0.1) is 10.6 Å². The Hall–Kier alpha value is -1.59. The van der Waals surface area contributed by atoms with E-state index in [4.69, 9.17) is 16.7 Å². The summed E-state index contributed by atoms with van der Waals surface area (Å²) in [5, 5.41) is 14.7. The summed E-state index contributed by atoms with van der Waals surface area (Å²) < 4.78 is 0. The lowest BCUT2D eigenvalue weighted by Gasteiger charge is -2.24. The van der Waals surface area contributed by atoms with Crippen LogP contribution in [0.25, 0.3) is 0 Å². The van der Waals surface area contributed by atoms with E-state index in [1.54, 1.807) is 31.2 Å². The van der Waals surface area contributed by atoms with E-state index >= 15 is 0 Å². The Kier molecular flexibility index (Phi) is 7.35. The summed E-state index contributed by atoms with van der Waals surface area (Å²) in [6, 6.07) is 5.88. The van der Waals surface area contributed by atoms with Gasteiger partial charge in [-0.1, -0.05) is 37.6 Å². The number of carbonyl (C=O) groups excluding carboxylic acids is 2. The van der Waals surface area contributed by atoms with Crippen molar-refractivity contribution in [2.75, 3.05) is 6.61 Å². The Bertz CT molecular complexity index is 520. The highest BCUT2D eigenvalue weighted by molar-refractivity contribution is 6.33.